The maximum atomic E-state index is 11.5. The molecule has 0 bridgehead atoms. The van der Waals surface area contributed by atoms with Crippen LogP contribution in [0.25, 0.3) is 6.08 Å². The highest BCUT2D eigenvalue weighted by Crippen LogP contribution is 2.07. The van der Waals surface area contributed by atoms with Crippen molar-refractivity contribution in [1.82, 2.24) is 0 Å². The molecule has 0 saturated carbocycles. The van der Waals surface area contributed by atoms with Gasteiger partial charge in [0.25, 0.3) is 0 Å². The lowest BCUT2D eigenvalue weighted by molar-refractivity contribution is 0.0476. The van der Waals surface area contributed by atoms with Crippen LogP contribution in [-0.2, 0) is 4.74 Å². The largest absolute Gasteiger partial charge is 0.461 e. The second-order valence-corrected chi connectivity index (χ2v) is 3.45. The van der Waals surface area contributed by atoms with Gasteiger partial charge in [-0.3, -0.25) is 0 Å². The summed E-state index contributed by atoms with van der Waals surface area (Å²) in [5.74, 6) is -0.686. The van der Waals surface area contributed by atoms with Gasteiger partial charge in [0, 0.05) is 0 Å². The van der Waals surface area contributed by atoms with Gasteiger partial charge in [-0.2, -0.15) is 5.26 Å². The van der Waals surface area contributed by atoms with Crippen LogP contribution >= 0.6 is 0 Å². The number of hydrogen-bond acceptors (Lipinski definition) is 3. The number of nitrogens with zero attached hydrogens (tertiary/aromatic N) is 1. The Kier molecular flexibility index (Phi) is 4.28. The first kappa shape index (κ1) is 12.0. The molecule has 0 heterocycles. The number of nitriles is 1. The summed E-state index contributed by atoms with van der Waals surface area (Å²) < 4.78 is 4.97. The van der Waals surface area contributed by atoms with Gasteiger partial charge in [0.1, 0.15) is 6.61 Å². The van der Waals surface area contributed by atoms with Gasteiger partial charge in [-0.15, -0.1) is 0 Å². The lowest BCUT2D eigenvalue weighted by atomic mass is 10.1. The molecule has 0 aliphatic heterocycles. The Morgan fingerprint density at radius 3 is 2.69 bits per heavy atom. The molecule has 82 valence electrons. The average Bonchev–Trinajstić information content (AvgIpc) is 2.35. The third-order valence-electron chi connectivity index (χ3n) is 2.07. The van der Waals surface area contributed by atoms with Crippen LogP contribution in [0.3, 0.4) is 0 Å². The summed E-state index contributed by atoms with van der Waals surface area (Å²) in [4.78, 5) is 11.5. The van der Waals surface area contributed by atoms with E-state index in [1.165, 1.54) is 0 Å². The second kappa shape index (κ2) is 5.72. The lowest BCUT2D eigenvalue weighted by Crippen LogP contribution is -2.10. The van der Waals surface area contributed by atoms with Gasteiger partial charge in [-0.05, 0) is 24.6 Å². The fourth-order valence-electron chi connectivity index (χ4n) is 1.08. The normalized spacial score (nSPS) is 11.2. The van der Waals surface area contributed by atoms with Crippen molar-refractivity contribution in [3.63, 3.8) is 0 Å². The zero-order valence-electron chi connectivity index (χ0n) is 9.14. The van der Waals surface area contributed by atoms with Crippen LogP contribution in [0.15, 0.2) is 30.8 Å². The van der Waals surface area contributed by atoms with Crippen LogP contribution in [0.2, 0.25) is 0 Å². The van der Waals surface area contributed by atoms with Crippen molar-refractivity contribution in [2.45, 2.75) is 6.92 Å². The van der Waals surface area contributed by atoms with E-state index >= 15 is 0 Å². The monoisotopic (exact) mass is 215 g/mol. The average molecular weight is 215 g/mol. The van der Waals surface area contributed by atoms with Gasteiger partial charge in [-0.1, -0.05) is 24.8 Å². The molecule has 1 aromatic rings. The molecule has 0 radical (unpaired) electrons. The molecule has 0 aromatic heterocycles. The Labute approximate surface area is 95.0 Å². The van der Waals surface area contributed by atoms with Gasteiger partial charge >= 0.3 is 5.97 Å². The van der Waals surface area contributed by atoms with E-state index in [4.69, 9.17) is 10.00 Å². The lowest BCUT2D eigenvalue weighted by Gasteiger charge is -2.05. The Morgan fingerprint density at radius 2 is 2.19 bits per heavy atom. The summed E-state index contributed by atoms with van der Waals surface area (Å²) in [7, 11) is 0. The topological polar surface area (TPSA) is 50.1 Å². The molecule has 0 N–H and O–H groups in total. The summed E-state index contributed by atoms with van der Waals surface area (Å²) in [6, 6.07) is 8.93. The Balaban J connectivity index is 2.60. The third kappa shape index (κ3) is 3.25. The second-order valence-electron chi connectivity index (χ2n) is 3.45. The highest BCUT2D eigenvalue weighted by Gasteiger charge is 2.08. The van der Waals surface area contributed by atoms with E-state index in [2.05, 4.69) is 6.58 Å². The molecule has 0 spiro atoms. The molecule has 1 unspecified atom stereocenters. The SMILES string of the molecule is C=Cc1ccc(C(=O)OCC(C)C#N)cc1. The van der Waals surface area contributed by atoms with Crippen LogP contribution in [0.1, 0.15) is 22.8 Å². The quantitative estimate of drug-likeness (QED) is 0.725. The van der Waals surface area contributed by atoms with Crippen LogP contribution in [-0.4, -0.2) is 12.6 Å². The Bertz CT molecular complexity index is 415. The molecule has 0 amide bonds. The molecule has 1 rings (SSSR count). The first-order chi connectivity index (χ1) is 7.67. The van der Waals surface area contributed by atoms with Gasteiger partial charge in [0.15, 0.2) is 0 Å². The molecule has 1 atom stereocenters. The zero-order chi connectivity index (χ0) is 12.0. The minimum absolute atomic E-state index is 0.124. The number of ether oxygens (including phenoxy) is 1. The summed E-state index contributed by atoms with van der Waals surface area (Å²) in [6.07, 6.45) is 1.70. The number of carbonyl (C=O) groups excluding carboxylic acids is 1. The Hall–Kier alpha value is -2.08. The van der Waals surface area contributed by atoms with Crippen LogP contribution < -0.4 is 0 Å². The van der Waals surface area contributed by atoms with Crippen molar-refractivity contribution in [1.29, 1.82) is 5.26 Å². The van der Waals surface area contributed by atoms with Crippen LogP contribution in [0.5, 0.6) is 0 Å². The predicted molar refractivity (Wildman–Crippen MR) is 61.6 cm³/mol. The molecule has 3 nitrogen and oxygen atoms in total. The van der Waals surface area contributed by atoms with Gasteiger partial charge in [-0.25, -0.2) is 4.79 Å². The van der Waals surface area contributed by atoms with E-state index in [9.17, 15) is 4.79 Å². The van der Waals surface area contributed by atoms with Crippen molar-refractivity contribution in [2.75, 3.05) is 6.61 Å². The van der Waals surface area contributed by atoms with Gasteiger partial charge in [0.05, 0.1) is 17.6 Å². The number of rotatable bonds is 4. The predicted octanol–water partition coefficient (Wildman–Crippen LogP) is 2.65. The minimum atomic E-state index is -0.405. The number of carbonyl (C=O) groups is 1. The highest BCUT2D eigenvalue weighted by atomic mass is 16.5. The van der Waals surface area contributed by atoms with E-state index < -0.39 is 5.97 Å². The van der Waals surface area contributed by atoms with E-state index in [1.807, 2.05) is 6.07 Å². The van der Waals surface area contributed by atoms with Crippen LogP contribution in [0, 0.1) is 17.2 Å². The first-order valence-electron chi connectivity index (χ1n) is 4.96. The van der Waals surface area contributed by atoms with Gasteiger partial charge < -0.3 is 4.74 Å². The van der Waals surface area contributed by atoms with E-state index in [0.29, 0.717) is 5.56 Å². The van der Waals surface area contributed by atoms with Crippen molar-refractivity contribution in [3.05, 3.63) is 42.0 Å². The zero-order valence-corrected chi connectivity index (χ0v) is 9.14. The van der Waals surface area contributed by atoms with Crippen molar-refractivity contribution in [2.24, 2.45) is 5.92 Å². The molecular weight excluding hydrogens is 202 g/mol. The molecule has 0 fully saturated rings. The fourth-order valence-corrected chi connectivity index (χ4v) is 1.08. The van der Waals surface area contributed by atoms with E-state index in [1.54, 1.807) is 37.3 Å². The number of benzene rings is 1. The summed E-state index contributed by atoms with van der Waals surface area (Å²) in [6.45, 7) is 5.45. The standard InChI is InChI=1S/C13H13NO2/c1-3-11-4-6-12(7-5-11)13(15)16-9-10(2)8-14/h3-7,10H,1,9H2,2H3. The van der Waals surface area contributed by atoms with Crippen LogP contribution in [0.4, 0.5) is 0 Å². The fraction of sp³-hybridized carbons (Fsp3) is 0.231. The van der Waals surface area contributed by atoms with E-state index in [-0.39, 0.29) is 12.5 Å². The molecule has 1 aromatic carbocycles. The maximum Gasteiger partial charge on any atom is 0.338 e. The Morgan fingerprint density at radius 1 is 1.56 bits per heavy atom. The molecule has 16 heavy (non-hydrogen) atoms. The van der Waals surface area contributed by atoms with Gasteiger partial charge in [0.2, 0.25) is 0 Å². The summed E-state index contributed by atoms with van der Waals surface area (Å²) in [5.41, 5.74) is 1.43. The molecule has 0 aliphatic carbocycles. The molecule has 0 aliphatic rings. The highest BCUT2D eigenvalue weighted by molar-refractivity contribution is 5.89. The smallest absolute Gasteiger partial charge is 0.338 e. The molecule has 0 saturated heterocycles. The number of hydrogen-bond donors (Lipinski definition) is 0. The molecular formula is C13H13NO2. The minimum Gasteiger partial charge on any atom is -0.461 e. The van der Waals surface area contributed by atoms with E-state index in [0.717, 1.165) is 5.56 Å². The first-order valence-corrected chi connectivity index (χ1v) is 4.96. The molecule has 3 heteroatoms. The maximum absolute atomic E-state index is 11.5. The third-order valence-corrected chi connectivity index (χ3v) is 2.07. The van der Waals surface area contributed by atoms with Crippen molar-refractivity contribution < 1.29 is 9.53 Å². The van der Waals surface area contributed by atoms with Crippen molar-refractivity contribution >= 4 is 12.0 Å². The summed E-state index contributed by atoms with van der Waals surface area (Å²) >= 11 is 0. The van der Waals surface area contributed by atoms with Crippen molar-refractivity contribution in [3.8, 4) is 6.07 Å². The number of esters is 1. The summed E-state index contributed by atoms with van der Waals surface area (Å²) in [5, 5.41) is 8.53.